The number of Topliss-reactive ketones (excluding diaryl/α,β-unsaturated/α-hetero) is 1. The lowest BCUT2D eigenvalue weighted by Crippen LogP contribution is -2.08. The lowest BCUT2D eigenvalue weighted by molar-refractivity contribution is 0.0697. The number of benzene rings is 2. The maximum absolute atomic E-state index is 13.0. The van der Waals surface area contributed by atoms with Crippen LogP contribution in [0.2, 0.25) is 0 Å². The molecule has 0 fully saturated rings. The molecule has 0 saturated heterocycles. The van der Waals surface area contributed by atoms with Crippen LogP contribution in [0.3, 0.4) is 0 Å². The van der Waals surface area contributed by atoms with Gasteiger partial charge in [-0.3, -0.25) is 4.79 Å². The van der Waals surface area contributed by atoms with Gasteiger partial charge in [0.15, 0.2) is 5.78 Å². The molecule has 0 saturated carbocycles. The molecule has 7 heteroatoms. The molecule has 0 aliphatic carbocycles. The summed E-state index contributed by atoms with van der Waals surface area (Å²) in [5, 5.41) is 21.0. The summed E-state index contributed by atoms with van der Waals surface area (Å²) < 4.78 is 1.73. The third-order valence-electron chi connectivity index (χ3n) is 4.69. The van der Waals surface area contributed by atoms with Crippen molar-refractivity contribution >= 4 is 60.4 Å². The normalized spacial score (nSPS) is 11.1. The number of hydrogen-bond donors (Lipinski definition) is 2. The smallest absolute Gasteiger partial charge is 0.337 e. The van der Waals surface area contributed by atoms with Crippen LogP contribution in [0.4, 0.5) is 0 Å². The van der Waals surface area contributed by atoms with Gasteiger partial charge in [-0.15, -0.1) is 22.7 Å². The van der Waals surface area contributed by atoms with Crippen LogP contribution < -0.4 is 0 Å². The number of fused-ring (bicyclic) bond motifs is 1. The predicted octanol–water partition coefficient (Wildman–Crippen LogP) is 6.53. The fourth-order valence-corrected chi connectivity index (χ4v) is 5.75. The summed E-state index contributed by atoms with van der Waals surface area (Å²) in [6.07, 6.45) is -0.0686. The number of hydrogen-bond acceptors (Lipinski definition) is 5. The Kier molecular flexibility index (Phi) is 5.29. The second kappa shape index (κ2) is 7.74. The molecule has 4 rings (SSSR count). The predicted molar refractivity (Wildman–Crippen MR) is 121 cm³/mol. The van der Waals surface area contributed by atoms with E-state index in [-0.39, 0.29) is 28.4 Å². The third-order valence-corrected chi connectivity index (χ3v) is 7.62. The van der Waals surface area contributed by atoms with Crippen molar-refractivity contribution in [3.63, 3.8) is 0 Å². The van der Waals surface area contributed by atoms with E-state index in [1.54, 1.807) is 12.1 Å². The van der Waals surface area contributed by atoms with Gasteiger partial charge in [0.2, 0.25) is 0 Å². The van der Waals surface area contributed by atoms with Crippen LogP contribution in [0.1, 0.15) is 30.5 Å². The number of aryl methyl sites for hydroxylation is 1. The second-order valence-corrected chi connectivity index (χ2v) is 9.72. The van der Waals surface area contributed by atoms with Crippen LogP contribution in [0.15, 0.2) is 53.0 Å². The monoisotopic (exact) mass is 486 g/mol. The van der Waals surface area contributed by atoms with Crippen molar-refractivity contribution in [1.82, 2.24) is 0 Å². The van der Waals surface area contributed by atoms with Crippen molar-refractivity contribution < 1.29 is 19.8 Å². The van der Waals surface area contributed by atoms with Crippen LogP contribution in [0.5, 0.6) is 5.75 Å². The van der Waals surface area contributed by atoms with Crippen molar-refractivity contribution in [2.45, 2.75) is 13.3 Å². The number of ketones is 1. The fourth-order valence-electron chi connectivity index (χ4n) is 3.28. The minimum absolute atomic E-state index is 0.0338. The first-order valence-corrected chi connectivity index (χ1v) is 11.1. The molecule has 2 heterocycles. The van der Waals surface area contributed by atoms with Crippen LogP contribution in [0, 0.1) is 6.92 Å². The van der Waals surface area contributed by atoms with Gasteiger partial charge in [-0.1, -0.05) is 40.2 Å². The third kappa shape index (κ3) is 3.61. The molecule has 4 aromatic rings. The standard InChI is InChI=1S/C22H15BrO4S2/c1-11-15(10-16(24)21-19(25)14-4-2-3-5-17(14)29-21)18(22(26)27)20(28-11)12-6-8-13(23)9-7-12/h2-9,25H,10H2,1H3,(H,26,27). The summed E-state index contributed by atoms with van der Waals surface area (Å²) in [7, 11) is 0. The van der Waals surface area contributed by atoms with Crippen molar-refractivity contribution in [2.24, 2.45) is 0 Å². The van der Waals surface area contributed by atoms with Crippen LogP contribution in [0.25, 0.3) is 20.5 Å². The molecule has 0 radical (unpaired) electrons. The zero-order valence-corrected chi connectivity index (χ0v) is 18.5. The number of carbonyl (C=O) groups excluding carboxylic acids is 1. The van der Waals surface area contributed by atoms with Crippen LogP contribution in [-0.4, -0.2) is 22.0 Å². The van der Waals surface area contributed by atoms with Gasteiger partial charge in [0.25, 0.3) is 0 Å². The molecule has 0 amide bonds. The Hall–Kier alpha value is -2.48. The number of carboxylic acids is 1. The molecule has 146 valence electrons. The van der Waals surface area contributed by atoms with E-state index in [0.717, 1.165) is 19.6 Å². The average molecular weight is 487 g/mol. The fraction of sp³-hybridized carbons (Fsp3) is 0.0909. The maximum Gasteiger partial charge on any atom is 0.337 e. The van der Waals surface area contributed by atoms with Gasteiger partial charge in [0, 0.05) is 30.7 Å². The molecule has 2 N–H and O–H groups in total. The molecule has 0 bridgehead atoms. The molecule has 2 aromatic heterocycles. The molecule has 29 heavy (non-hydrogen) atoms. The summed E-state index contributed by atoms with van der Waals surface area (Å²) in [6, 6.07) is 14.7. The van der Waals surface area contributed by atoms with Crippen molar-refractivity contribution in [1.29, 1.82) is 0 Å². The summed E-state index contributed by atoms with van der Waals surface area (Å²) in [4.78, 5) is 26.7. The van der Waals surface area contributed by atoms with Crippen LogP contribution in [-0.2, 0) is 6.42 Å². The number of aromatic carboxylic acids is 1. The quantitative estimate of drug-likeness (QED) is 0.314. The summed E-state index contributed by atoms with van der Waals surface area (Å²) in [6.45, 7) is 1.83. The van der Waals surface area contributed by atoms with E-state index >= 15 is 0 Å². The van der Waals surface area contributed by atoms with E-state index in [0.29, 0.717) is 15.8 Å². The largest absolute Gasteiger partial charge is 0.506 e. The number of aromatic hydroxyl groups is 1. The first-order chi connectivity index (χ1) is 13.9. The Morgan fingerprint density at radius 3 is 2.38 bits per heavy atom. The van der Waals surface area contributed by atoms with Crippen molar-refractivity contribution in [3.05, 3.63) is 73.9 Å². The van der Waals surface area contributed by atoms with E-state index in [2.05, 4.69) is 15.9 Å². The summed E-state index contributed by atoms with van der Waals surface area (Å²) >= 11 is 5.98. The van der Waals surface area contributed by atoms with Gasteiger partial charge in [-0.05, 0) is 42.3 Å². The summed E-state index contributed by atoms with van der Waals surface area (Å²) in [5.74, 6) is -1.38. The Bertz CT molecular complexity index is 1250. The highest BCUT2D eigenvalue weighted by molar-refractivity contribution is 9.10. The van der Waals surface area contributed by atoms with Gasteiger partial charge in [0.1, 0.15) is 10.6 Å². The second-order valence-electron chi connectivity index (χ2n) is 6.53. The number of thiophene rings is 2. The molecule has 0 aliphatic rings. The number of carbonyl (C=O) groups is 2. The zero-order chi connectivity index (χ0) is 20.7. The zero-order valence-electron chi connectivity index (χ0n) is 15.2. The Morgan fingerprint density at radius 2 is 1.72 bits per heavy atom. The highest BCUT2D eigenvalue weighted by atomic mass is 79.9. The minimum atomic E-state index is -1.06. The highest BCUT2D eigenvalue weighted by Crippen LogP contribution is 2.40. The lowest BCUT2D eigenvalue weighted by Gasteiger charge is -2.04. The minimum Gasteiger partial charge on any atom is -0.506 e. The van der Waals surface area contributed by atoms with Crippen molar-refractivity contribution in [2.75, 3.05) is 0 Å². The molecule has 4 nitrogen and oxygen atoms in total. The van der Waals surface area contributed by atoms with E-state index in [9.17, 15) is 19.8 Å². The van der Waals surface area contributed by atoms with Gasteiger partial charge in [-0.25, -0.2) is 4.79 Å². The highest BCUT2D eigenvalue weighted by Gasteiger charge is 2.26. The van der Waals surface area contributed by atoms with Crippen molar-refractivity contribution in [3.8, 4) is 16.2 Å². The topological polar surface area (TPSA) is 74.6 Å². The van der Waals surface area contributed by atoms with Crippen LogP contribution >= 0.6 is 38.6 Å². The molecule has 0 aliphatic heterocycles. The first kappa shape index (κ1) is 19.8. The molecule has 0 unspecified atom stereocenters. The van der Waals surface area contributed by atoms with E-state index < -0.39 is 5.97 Å². The number of rotatable bonds is 5. The van der Waals surface area contributed by atoms with Gasteiger partial charge in [0.05, 0.1) is 5.56 Å². The van der Waals surface area contributed by atoms with Gasteiger partial charge >= 0.3 is 5.97 Å². The van der Waals surface area contributed by atoms with Gasteiger partial charge in [-0.2, -0.15) is 0 Å². The Balaban J connectivity index is 1.76. The summed E-state index contributed by atoms with van der Waals surface area (Å²) in [5.41, 5.74) is 1.45. The van der Waals surface area contributed by atoms with Gasteiger partial charge < -0.3 is 10.2 Å². The SMILES string of the molecule is Cc1sc(-c2ccc(Br)cc2)c(C(=O)O)c1CC(=O)c1sc2ccccc2c1O. The maximum atomic E-state index is 13.0. The van der Waals surface area contributed by atoms with E-state index in [1.807, 2.05) is 43.3 Å². The number of carboxylic acid groups (broad SMARTS) is 1. The number of halogens is 1. The Labute approximate surface area is 183 Å². The molecular weight excluding hydrogens is 472 g/mol. The average Bonchev–Trinajstić information content (AvgIpc) is 3.20. The van der Waals surface area contributed by atoms with E-state index in [1.165, 1.54) is 22.7 Å². The lowest BCUT2D eigenvalue weighted by atomic mass is 9.99. The Morgan fingerprint density at radius 1 is 1.03 bits per heavy atom. The molecule has 2 aromatic carbocycles. The molecule has 0 atom stereocenters. The first-order valence-electron chi connectivity index (χ1n) is 8.72. The van der Waals surface area contributed by atoms with E-state index in [4.69, 9.17) is 0 Å². The molecular formula is C22H15BrO4S2. The molecule has 0 spiro atoms.